The maximum Gasteiger partial charge on any atom is 0.242 e. The first kappa shape index (κ1) is 17.7. The Hall–Kier alpha value is -3.13. The number of nitrogens with one attached hydrogen (secondary N) is 2. The molecule has 0 unspecified atom stereocenters. The summed E-state index contributed by atoms with van der Waals surface area (Å²) in [6.07, 6.45) is 0. The fourth-order valence-electron chi connectivity index (χ4n) is 2.34. The van der Waals surface area contributed by atoms with Crippen LogP contribution in [-0.4, -0.2) is 26.9 Å². The van der Waals surface area contributed by atoms with Crippen molar-refractivity contribution in [2.24, 2.45) is 0 Å². The second-order valence-electron chi connectivity index (χ2n) is 5.54. The SMILES string of the molecule is CC(=O)c1cccc(NC(=O)[C@H](Sc2n[nH]c(N)n2)c2ccccc2)c1. The number of aromatic nitrogens is 3. The summed E-state index contributed by atoms with van der Waals surface area (Å²) >= 11 is 1.19. The van der Waals surface area contributed by atoms with Crippen LogP contribution >= 0.6 is 11.8 Å². The van der Waals surface area contributed by atoms with E-state index in [0.29, 0.717) is 16.4 Å². The minimum Gasteiger partial charge on any atom is -0.368 e. The van der Waals surface area contributed by atoms with Gasteiger partial charge < -0.3 is 11.1 Å². The molecule has 1 heterocycles. The Labute approximate surface area is 154 Å². The van der Waals surface area contributed by atoms with Crippen LogP contribution in [0, 0.1) is 0 Å². The van der Waals surface area contributed by atoms with Crippen molar-refractivity contribution < 1.29 is 9.59 Å². The van der Waals surface area contributed by atoms with Gasteiger partial charge >= 0.3 is 0 Å². The van der Waals surface area contributed by atoms with Gasteiger partial charge in [-0.15, -0.1) is 5.10 Å². The third-order valence-electron chi connectivity index (χ3n) is 3.58. The molecule has 0 aliphatic carbocycles. The third-order valence-corrected chi connectivity index (χ3v) is 4.70. The van der Waals surface area contributed by atoms with Crippen molar-refractivity contribution in [3.8, 4) is 0 Å². The summed E-state index contributed by atoms with van der Waals surface area (Å²) in [6, 6.07) is 16.1. The van der Waals surface area contributed by atoms with Gasteiger partial charge in [-0.3, -0.25) is 9.59 Å². The fraction of sp³-hybridized carbons (Fsp3) is 0.111. The number of thioether (sulfide) groups is 1. The molecule has 0 saturated heterocycles. The number of rotatable bonds is 6. The van der Waals surface area contributed by atoms with Gasteiger partial charge in [0.2, 0.25) is 17.0 Å². The summed E-state index contributed by atoms with van der Waals surface area (Å²) in [6.45, 7) is 1.48. The number of anilines is 2. The van der Waals surface area contributed by atoms with Gasteiger partial charge in [0.05, 0.1) is 0 Å². The average Bonchev–Trinajstić information content (AvgIpc) is 3.05. The highest BCUT2D eigenvalue weighted by Gasteiger charge is 2.24. The molecule has 3 rings (SSSR count). The van der Waals surface area contributed by atoms with Crippen LogP contribution in [0.5, 0.6) is 0 Å². The number of ketones is 1. The van der Waals surface area contributed by atoms with Gasteiger partial charge in [-0.1, -0.05) is 54.2 Å². The lowest BCUT2D eigenvalue weighted by Gasteiger charge is -2.15. The average molecular weight is 367 g/mol. The number of nitrogen functional groups attached to an aromatic ring is 1. The van der Waals surface area contributed by atoms with E-state index >= 15 is 0 Å². The first-order chi connectivity index (χ1) is 12.5. The molecule has 4 N–H and O–H groups in total. The maximum absolute atomic E-state index is 12.9. The third kappa shape index (κ3) is 4.28. The monoisotopic (exact) mass is 367 g/mol. The number of H-pyrrole nitrogens is 1. The van der Waals surface area contributed by atoms with E-state index in [4.69, 9.17) is 5.73 Å². The molecule has 0 radical (unpaired) electrons. The molecule has 8 heteroatoms. The minimum absolute atomic E-state index is 0.0636. The minimum atomic E-state index is -0.576. The van der Waals surface area contributed by atoms with E-state index in [9.17, 15) is 9.59 Å². The van der Waals surface area contributed by atoms with E-state index < -0.39 is 5.25 Å². The first-order valence-corrected chi connectivity index (χ1v) is 8.72. The number of carbonyl (C=O) groups is 2. The molecular formula is C18H17N5O2S. The molecule has 0 bridgehead atoms. The van der Waals surface area contributed by atoms with Crippen molar-refractivity contribution in [3.05, 3.63) is 65.7 Å². The summed E-state index contributed by atoms with van der Waals surface area (Å²) in [4.78, 5) is 28.5. The van der Waals surface area contributed by atoms with Crippen LogP contribution in [0.1, 0.15) is 28.1 Å². The molecule has 132 valence electrons. The lowest BCUT2D eigenvalue weighted by atomic mass is 10.1. The van der Waals surface area contributed by atoms with Crippen molar-refractivity contribution in [2.75, 3.05) is 11.1 Å². The van der Waals surface area contributed by atoms with Gasteiger partial charge in [-0.05, 0) is 24.6 Å². The van der Waals surface area contributed by atoms with Gasteiger partial charge in [-0.25, -0.2) is 5.10 Å². The largest absolute Gasteiger partial charge is 0.368 e. The number of nitrogens with two attached hydrogens (primary N) is 1. The Balaban J connectivity index is 1.85. The van der Waals surface area contributed by atoms with Gasteiger partial charge in [-0.2, -0.15) is 4.98 Å². The number of hydrogen-bond donors (Lipinski definition) is 3. The van der Waals surface area contributed by atoms with Crippen molar-refractivity contribution >= 4 is 35.1 Å². The van der Waals surface area contributed by atoms with E-state index in [-0.39, 0.29) is 17.6 Å². The van der Waals surface area contributed by atoms with Crippen LogP contribution < -0.4 is 11.1 Å². The molecular weight excluding hydrogens is 350 g/mol. The van der Waals surface area contributed by atoms with E-state index in [1.807, 2.05) is 30.3 Å². The second kappa shape index (κ2) is 7.83. The molecule has 0 saturated carbocycles. The fourth-order valence-corrected chi connectivity index (χ4v) is 3.26. The highest BCUT2D eigenvalue weighted by atomic mass is 32.2. The predicted octanol–water partition coefficient (Wildman–Crippen LogP) is 3.06. The van der Waals surface area contributed by atoms with Crippen LogP contribution in [0.3, 0.4) is 0 Å². The quantitative estimate of drug-likeness (QED) is 0.456. The summed E-state index contributed by atoms with van der Waals surface area (Å²) < 4.78 is 0. The van der Waals surface area contributed by atoms with Gasteiger partial charge in [0.25, 0.3) is 0 Å². The summed E-state index contributed by atoms with van der Waals surface area (Å²) in [5.74, 6) is -0.120. The molecule has 0 aliphatic rings. The zero-order chi connectivity index (χ0) is 18.5. The van der Waals surface area contributed by atoms with Crippen LogP contribution in [-0.2, 0) is 4.79 Å². The summed E-state index contributed by atoms with van der Waals surface area (Å²) in [5, 5.41) is 9.20. The Kier molecular flexibility index (Phi) is 5.33. The van der Waals surface area contributed by atoms with E-state index in [1.54, 1.807) is 24.3 Å². The van der Waals surface area contributed by atoms with Gasteiger partial charge in [0.1, 0.15) is 5.25 Å². The molecule has 0 fully saturated rings. The first-order valence-electron chi connectivity index (χ1n) is 7.84. The number of hydrogen-bond acceptors (Lipinski definition) is 6. The number of Topliss-reactive ketones (excluding diaryl/α,β-unsaturated/α-hetero) is 1. The zero-order valence-electron chi connectivity index (χ0n) is 14.0. The lowest BCUT2D eigenvalue weighted by molar-refractivity contribution is -0.115. The number of benzene rings is 2. The van der Waals surface area contributed by atoms with Crippen LogP contribution in [0.4, 0.5) is 11.6 Å². The van der Waals surface area contributed by atoms with Crippen molar-refractivity contribution in [1.29, 1.82) is 0 Å². The van der Waals surface area contributed by atoms with E-state index in [0.717, 1.165) is 5.56 Å². The molecule has 7 nitrogen and oxygen atoms in total. The van der Waals surface area contributed by atoms with Gasteiger partial charge in [0.15, 0.2) is 5.78 Å². The summed E-state index contributed by atoms with van der Waals surface area (Å²) in [7, 11) is 0. The molecule has 1 atom stereocenters. The Morgan fingerprint density at radius 3 is 2.58 bits per heavy atom. The molecule has 26 heavy (non-hydrogen) atoms. The Morgan fingerprint density at radius 2 is 1.92 bits per heavy atom. The smallest absolute Gasteiger partial charge is 0.242 e. The van der Waals surface area contributed by atoms with Crippen molar-refractivity contribution in [2.45, 2.75) is 17.3 Å². The van der Waals surface area contributed by atoms with Crippen molar-refractivity contribution in [3.63, 3.8) is 0 Å². The molecule has 2 aromatic carbocycles. The van der Waals surface area contributed by atoms with Crippen LogP contribution in [0.15, 0.2) is 59.8 Å². The number of carbonyl (C=O) groups excluding carboxylic acids is 2. The topological polar surface area (TPSA) is 114 Å². The van der Waals surface area contributed by atoms with E-state index in [1.165, 1.54) is 18.7 Å². The Bertz CT molecular complexity index is 926. The Morgan fingerprint density at radius 1 is 1.15 bits per heavy atom. The summed E-state index contributed by atoms with van der Waals surface area (Å²) in [5.41, 5.74) is 7.46. The molecule has 1 amide bonds. The lowest BCUT2D eigenvalue weighted by Crippen LogP contribution is -2.19. The van der Waals surface area contributed by atoms with Crippen LogP contribution in [0.2, 0.25) is 0 Å². The maximum atomic E-state index is 12.9. The molecule has 0 aliphatic heterocycles. The molecule has 1 aromatic heterocycles. The van der Waals surface area contributed by atoms with Gasteiger partial charge in [0, 0.05) is 11.3 Å². The number of aromatic amines is 1. The standard InChI is InChI=1S/C18H17N5O2S/c1-11(24)13-8-5-9-14(10-13)20-16(25)15(12-6-3-2-4-7-12)26-18-21-17(19)22-23-18/h2-10,15H,1H3,(H,20,25)(H3,19,21,22,23)/t15-/m1/s1. The molecule has 3 aromatic rings. The predicted molar refractivity (Wildman–Crippen MR) is 101 cm³/mol. The zero-order valence-corrected chi connectivity index (χ0v) is 14.8. The van der Waals surface area contributed by atoms with E-state index in [2.05, 4.69) is 20.5 Å². The second-order valence-corrected chi connectivity index (χ2v) is 6.61. The highest BCUT2D eigenvalue weighted by Crippen LogP contribution is 2.34. The normalized spacial score (nSPS) is 11.7. The molecule has 0 spiro atoms. The van der Waals surface area contributed by atoms with Crippen molar-refractivity contribution in [1.82, 2.24) is 15.2 Å². The highest BCUT2D eigenvalue weighted by molar-refractivity contribution is 8.00. The van der Waals surface area contributed by atoms with Crippen LogP contribution in [0.25, 0.3) is 0 Å². The number of nitrogens with zero attached hydrogens (tertiary/aromatic N) is 2. The number of amides is 1.